The van der Waals surface area contributed by atoms with Crippen LogP contribution in [0, 0.1) is 0 Å². The number of carboxylic acids is 3. The number of nitrogens with zero attached hydrogens (tertiary/aromatic N) is 1. The highest BCUT2D eigenvalue weighted by Crippen LogP contribution is 2.31. The number of aliphatic carboxylic acids is 2. The van der Waals surface area contributed by atoms with Crippen LogP contribution in [0.1, 0.15) is 16.8 Å². The van der Waals surface area contributed by atoms with Crippen LogP contribution in [-0.2, 0) is 19.6 Å². The summed E-state index contributed by atoms with van der Waals surface area (Å²) in [6.07, 6.45) is -0.602. The molecule has 1 aliphatic heterocycles. The Hall–Kier alpha value is -2.50. The average molecular weight is 358 g/mol. The Morgan fingerprint density at radius 2 is 1.83 bits per heavy atom. The molecular formula is C13H14N2O8S. The first-order valence-corrected chi connectivity index (χ1v) is 8.03. The minimum Gasteiger partial charge on any atom is -0.480 e. The van der Waals surface area contributed by atoms with E-state index in [1.54, 1.807) is 0 Å². The number of rotatable bonds is 5. The van der Waals surface area contributed by atoms with Crippen LogP contribution in [0.25, 0.3) is 0 Å². The number of benzene rings is 1. The predicted octanol–water partition coefficient (Wildman–Crippen LogP) is -0.985. The molecule has 0 bridgehead atoms. The van der Waals surface area contributed by atoms with Crippen LogP contribution in [0.2, 0.25) is 0 Å². The van der Waals surface area contributed by atoms with Crippen LogP contribution >= 0.6 is 0 Å². The molecular weight excluding hydrogens is 344 g/mol. The summed E-state index contributed by atoms with van der Waals surface area (Å²) in [7, 11) is -4.45. The molecule has 10 nitrogen and oxygen atoms in total. The van der Waals surface area contributed by atoms with Gasteiger partial charge in [0.2, 0.25) is 10.0 Å². The standard InChI is InChI=1S/C13H14N2O8S/c14-13(12(20)21)5-9(11(18)19)15(6-13)24(22,23)8-3-1-2-7(4-8)10(16)17/h1-4,9H,5-6,14H2,(H,16,17)(H,18,19)(H,20,21)/t9-,13-/m0/s1. The van der Waals surface area contributed by atoms with Gasteiger partial charge < -0.3 is 21.1 Å². The van der Waals surface area contributed by atoms with Crippen molar-refractivity contribution in [2.75, 3.05) is 6.54 Å². The van der Waals surface area contributed by atoms with Gasteiger partial charge in [-0.25, -0.2) is 13.2 Å². The van der Waals surface area contributed by atoms with E-state index in [1.165, 1.54) is 12.1 Å². The molecule has 1 aromatic carbocycles. The maximum absolute atomic E-state index is 12.7. The normalized spacial score (nSPS) is 24.6. The molecule has 0 saturated carbocycles. The van der Waals surface area contributed by atoms with Crippen molar-refractivity contribution in [3.8, 4) is 0 Å². The zero-order chi connectivity index (χ0) is 18.3. The molecule has 1 aromatic rings. The number of nitrogens with two attached hydrogens (primary N) is 1. The summed E-state index contributed by atoms with van der Waals surface area (Å²) < 4.78 is 25.8. The number of aromatic carboxylic acids is 1. The van der Waals surface area contributed by atoms with Gasteiger partial charge in [-0.05, 0) is 18.2 Å². The predicted molar refractivity (Wildman–Crippen MR) is 77.9 cm³/mol. The summed E-state index contributed by atoms with van der Waals surface area (Å²) in [4.78, 5) is 33.1. The van der Waals surface area contributed by atoms with Crippen LogP contribution < -0.4 is 5.73 Å². The highest BCUT2D eigenvalue weighted by Gasteiger charge is 2.54. The molecule has 1 heterocycles. The zero-order valence-corrected chi connectivity index (χ0v) is 12.9. The fourth-order valence-corrected chi connectivity index (χ4v) is 4.14. The number of hydrogen-bond donors (Lipinski definition) is 4. The van der Waals surface area contributed by atoms with Gasteiger partial charge in [0.1, 0.15) is 11.6 Å². The van der Waals surface area contributed by atoms with Crippen LogP contribution in [0.15, 0.2) is 29.2 Å². The molecule has 0 amide bonds. The third-order valence-electron chi connectivity index (χ3n) is 3.74. The molecule has 5 N–H and O–H groups in total. The third-order valence-corrected chi connectivity index (χ3v) is 5.59. The van der Waals surface area contributed by atoms with Crippen molar-refractivity contribution >= 4 is 27.9 Å². The van der Waals surface area contributed by atoms with E-state index < -0.39 is 57.4 Å². The number of carboxylic acid groups (broad SMARTS) is 3. The summed E-state index contributed by atoms with van der Waals surface area (Å²) >= 11 is 0. The van der Waals surface area contributed by atoms with Gasteiger partial charge in [-0.1, -0.05) is 6.07 Å². The lowest BCUT2D eigenvalue weighted by Crippen LogP contribution is -2.50. The van der Waals surface area contributed by atoms with E-state index in [4.69, 9.17) is 15.9 Å². The number of sulfonamides is 1. The van der Waals surface area contributed by atoms with Gasteiger partial charge in [-0.3, -0.25) is 9.59 Å². The smallest absolute Gasteiger partial charge is 0.335 e. The summed E-state index contributed by atoms with van der Waals surface area (Å²) in [5.41, 5.74) is 3.26. The molecule has 0 radical (unpaired) electrons. The molecule has 130 valence electrons. The van der Waals surface area contributed by atoms with Gasteiger partial charge in [0, 0.05) is 13.0 Å². The Bertz CT molecular complexity index is 821. The van der Waals surface area contributed by atoms with Crippen LogP contribution in [0.3, 0.4) is 0 Å². The fourth-order valence-electron chi connectivity index (χ4n) is 2.44. The van der Waals surface area contributed by atoms with Gasteiger partial charge in [0.05, 0.1) is 10.5 Å². The summed E-state index contributed by atoms with van der Waals surface area (Å²) in [5.74, 6) is -4.42. The van der Waals surface area contributed by atoms with Crippen molar-refractivity contribution < 1.29 is 38.1 Å². The number of carbonyl (C=O) groups is 3. The van der Waals surface area contributed by atoms with E-state index in [-0.39, 0.29) is 5.56 Å². The van der Waals surface area contributed by atoms with E-state index in [0.29, 0.717) is 4.31 Å². The minimum atomic E-state index is -4.45. The SMILES string of the molecule is N[C@@]1(C(=O)O)C[C@@H](C(=O)O)N(S(=O)(=O)c2cccc(C(=O)O)c2)C1. The molecule has 11 heteroatoms. The Balaban J connectivity index is 2.51. The first-order chi connectivity index (χ1) is 11.0. The van der Waals surface area contributed by atoms with Gasteiger partial charge >= 0.3 is 17.9 Å². The third kappa shape index (κ3) is 2.96. The van der Waals surface area contributed by atoms with Crippen molar-refractivity contribution in [3.05, 3.63) is 29.8 Å². The van der Waals surface area contributed by atoms with E-state index in [9.17, 15) is 27.9 Å². The van der Waals surface area contributed by atoms with Crippen molar-refractivity contribution in [1.29, 1.82) is 0 Å². The average Bonchev–Trinajstić information content (AvgIpc) is 2.88. The first kappa shape index (κ1) is 17.8. The lowest BCUT2D eigenvalue weighted by molar-refractivity contribution is -0.142. The molecule has 24 heavy (non-hydrogen) atoms. The zero-order valence-electron chi connectivity index (χ0n) is 12.1. The van der Waals surface area contributed by atoms with E-state index in [1.807, 2.05) is 0 Å². The van der Waals surface area contributed by atoms with Crippen molar-refractivity contribution in [2.45, 2.75) is 22.9 Å². The quantitative estimate of drug-likeness (QED) is 0.515. The van der Waals surface area contributed by atoms with Crippen molar-refractivity contribution in [3.63, 3.8) is 0 Å². The fraction of sp³-hybridized carbons (Fsp3) is 0.308. The summed E-state index contributed by atoms with van der Waals surface area (Å²) in [6, 6.07) is 2.66. The lowest BCUT2D eigenvalue weighted by Gasteiger charge is -2.21. The van der Waals surface area contributed by atoms with Gasteiger partial charge in [0.15, 0.2) is 0 Å². The van der Waals surface area contributed by atoms with Crippen LogP contribution in [0.5, 0.6) is 0 Å². The van der Waals surface area contributed by atoms with Gasteiger partial charge in [0.25, 0.3) is 0 Å². The summed E-state index contributed by atoms with van der Waals surface area (Å²) in [6.45, 7) is -0.737. The molecule has 1 saturated heterocycles. The molecule has 0 spiro atoms. The van der Waals surface area contributed by atoms with Crippen molar-refractivity contribution in [2.24, 2.45) is 5.73 Å². The second kappa shape index (κ2) is 5.85. The second-order valence-electron chi connectivity index (χ2n) is 5.40. The maximum atomic E-state index is 12.7. The van der Waals surface area contributed by atoms with Gasteiger partial charge in [-0.15, -0.1) is 0 Å². The minimum absolute atomic E-state index is 0.306. The molecule has 2 atom stereocenters. The van der Waals surface area contributed by atoms with E-state index in [2.05, 4.69) is 0 Å². The maximum Gasteiger partial charge on any atom is 0.335 e. The Morgan fingerprint density at radius 1 is 1.21 bits per heavy atom. The van der Waals surface area contributed by atoms with Crippen molar-refractivity contribution in [1.82, 2.24) is 4.31 Å². The molecule has 1 fully saturated rings. The summed E-state index contributed by atoms with van der Waals surface area (Å²) in [5, 5.41) is 27.3. The lowest BCUT2D eigenvalue weighted by atomic mass is 9.98. The monoisotopic (exact) mass is 358 g/mol. The van der Waals surface area contributed by atoms with E-state index in [0.717, 1.165) is 12.1 Å². The largest absolute Gasteiger partial charge is 0.480 e. The molecule has 0 aliphatic carbocycles. The van der Waals surface area contributed by atoms with Crippen LogP contribution in [0.4, 0.5) is 0 Å². The van der Waals surface area contributed by atoms with Gasteiger partial charge in [-0.2, -0.15) is 4.31 Å². The Labute approximate surface area is 136 Å². The molecule has 1 aliphatic rings. The topological polar surface area (TPSA) is 175 Å². The number of hydrogen-bond acceptors (Lipinski definition) is 6. The second-order valence-corrected chi connectivity index (χ2v) is 7.29. The first-order valence-electron chi connectivity index (χ1n) is 6.59. The van der Waals surface area contributed by atoms with E-state index >= 15 is 0 Å². The molecule has 0 aromatic heterocycles. The Morgan fingerprint density at radius 3 is 2.33 bits per heavy atom. The van der Waals surface area contributed by atoms with Crippen LogP contribution in [-0.4, -0.2) is 64.1 Å². The highest BCUT2D eigenvalue weighted by atomic mass is 32.2. The highest BCUT2D eigenvalue weighted by molar-refractivity contribution is 7.89. The molecule has 0 unspecified atom stereocenters. The Kier molecular flexibility index (Phi) is 4.35. The molecule has 2 rings (SSSR count).